The van der Waals surface area contributed by atoms with Crippen molar-refractivity contribution in [1.29, 1.82) is 0 Å². The minimum Gasteiger partial charge on any atom is -0.380 e. The van der Waals surface area contributed by atoms with Crippen LogP contribution >= 0.6 is 0 Å². The van der Waals surface area contributed by atoms with E-state index in [0.29, 0.717) is 19.5 Å². The van der Waals surface area contributed by atoms with Crippen molar-refractivity contribution in [3.05, 3.63) is 65.7 Å². The molecule has 2 aromatic carbocycles. The van der Waals surface area contributed by atoms with Crippen LogP contribution in [0.25, 0.3) is 0 Å². The summed E-state index contributed by atoms with van der Waals surface area (Å²) in [5.74, 6) is -0.511. The molecule has 2 unspecified atom stereocenters. The van der Waals surface area contributed by atoms with Gasteiger partial charge in [-0.15, -0.1) is 0 Å². The predicted octanol–water partition coefficient (Wildman–Crippen LogP) is 2.09. The maximum absolute atomic E-state index is 13.2. The van der Waals surface area contributed by atoms with Crippen molar-refractivity contribution in [3.8, 4) is 0 Å². The van der Waals surface area contributed by atoms with E-state index in [9.17, 15) is 14.4 Å². The molecule has 1 spiro atoms. The smallest absolute Gasteiger partial charge is 0.325 e. The number of carbonyl (C=O) groups excluding carboxylic acids is 3. The quantitative estimate of drug-likeness (QED) is 0.765. The van der Waals surface area contributed by atoms with Crippen molar-refractivity contribution in [2.75, 3.05) is 25.0 Å². The molecule has 0 saturated carbocycles. The van der Waals surface area contributed by atoms with E-state index in [1.54, 1.807) is 4.90 Å². The van der Waals surface area contributed by atoms with Crippen LogP contribution in [0.3, 0.4) is 0 Å². The maximum atomic E-state index is 13.2. The van der Waals surface area contributed by atoms with Gasteiger partial charge in [0, 0.05) is 24.8 Å². The molecule has 7 nitrogen and oxygen atoms in total. The Kier molecular flexibility index (Phi) is 4.46. The standard InChI is InChI=1S/C23H24N4O3/c28-20(26-13-11-18(14-26)24-17-7-2-1-3-8-17)15-27-21(29)23(25-22(27)30)12-10-16-6-4-5-9-19(16)23/h1-9,18,24H,10-15H2,(H,25,30). The highest BCUT2D eigenvalue weighted by Crippen LogP contribution is 2.41. The highest BCUT2D eigenvalue weighted by Gasteiger charge is 2.55. The molecule has 2 fully saturated rings. The van der Waals surface area contributed by atoms with Crippen molar-refractivity contribution < 1.29 is 14.4 Å². The largest absolute Gasteiger partial charge is 0.380 e. The zero-order valence-corrected chi connectivity index (χ0v) is 16.6. The minimum absolute atomic E-state index is 0.160. The van der Waals surface area contributed by atoms with Crippen LogP contribution in [0.1, 0.15) is 24.0 Å². The normalized spacial score (nSPS) is 25.0. The third-order valence-electron chi connectivity index (χ3n) is 6.40. The number of carbonyl (C=O) groups is 3. The summed E-state index contributed by atoms with van der Waals surface area (Å²) in [6, 6.07) is 17.3. The van der Waals surface area contributed by atoms with Crippen molar-refractivity contribution in [2.24, 2.45) is 0 Å². The van der Waals surface area contributed by atoms with Crippen LogP contribution in [-0.4, -0.2) is 53.3 Å². The van der Waals surface area contributed by atoms with E-state index in [1.807, 2.05) is 54.6 Å². The van der Waals surface area contributed by atoms with Gasteiger partial charge >= 0.3 is 6.03 Å². The van der Waals surface area contributed by atoms with Gasteiger partial charge in [-0.2, -0.15) is 0 Å². The fourth-order valence-corrected chi connectivity index (χ4v) is 4.84. The van der Waals surface area contributed by atoms with Crippen molar-refractivity contribution in [1.82, 2.24) is 15.1 Å². The highest BCUT2D eigenvalue weighted by molar-refractivity contribution is 6.09. The summed E-state index contributed by atoms with van der Waals surface area (Å²) in [5.41, 5.74) is 1.93. The number of likely N-dealkylation sites (tertiary alicyclic amines) is 1. The first-order valence-corrected chi connectivity index (χ1v) is 10.4. The molecule has 2 heterocycles. The van der Waals surface area contributed by atoms with Crippen LogP contribution < -0.4 is 10.6 Å². The number of urea groups is 1. The summed E-state index contributed by atoms with van der Waals surface area (Å²) in [5, 5.41) is 6.31. The lowest BCUT2D eigenvalue weighted by molar-refractivity contribution is -0.138. The molecule has 0 radical (unpaired) electrons. The molecule has 2 aliphatic heterocycles. The molecule has 5 rings (SSSR count). The molecule has 3 aliphatic rings. The fraction of sp³-hybridized carbons (Fsp3) is 0.348. The molecular weight excluding hydrogens is 380 g/mol. The third kappa shape index (κ3) is 3.01. The highest BCUT2D eigenvalue weighted by atomic mass is 16.2. The van der Waals surface area contributed by atoms with Gasteiger partial charge in [0.25, 0.3) is 5.91 Å². The lowest BCUT2D eigenvalue weighted by atomic mass is 9.92. The van der Waals surface area contributed by atoms with E-state index in [2.05, 4.69) is 10.6 Å². The van der Waals surface area contributed by atoms with E-state index >= 15 is 0 Å². The molecule has 30 heavy (non-hydrogen) atoms. The molecule has 7 heteroatoms. The molecule has 1 aliphatic carbocycles. The number of aryl methyl sites for hydroxylation is 1. The van der Waals surface area contributed by atoms with E-state index < -0.39 is 11.6 Å². The molecular formula is C23H24N4O3. The number of para-hydroxylation sites is 1. The maximum Gasteiger partial charge on any atom is 0.325 e. The van der Waals surface area contributed by atoms with E-state index in [1.165, 1.54) is 0 Å². The zero-order valence-electron chi connectivity index (χ0n) is 16.6. The van der Waals surface area contributed by atoms with Crippen LogP contribution in [0.15, 0.2) is 54.6 Å². The minimum atomic E-state index is -1.02. The Morgan fingerprint density at radius 1 is 1.10 bits per heavy atom. The Morgan fingerprint density at radius 2 is 1.87 bits per heavy atom. The first kappa shape index (κ1) is 18.7. The van der Waals surface area contributed by atoms with Gasteiger partial charge in [0.05, 0.1) is 0 Å². The van der Waals surface area contributed by atoms with Gasteiger partial charge in [-0.05, 0) is 42.5 Å². The fourth-order valence-electron chi connectivity index (χ4n) is 4.84. The number of hydrogen-bond acceptors (Lipinski definition) is 4. The molecule has 0 bridgehead atoms. The topological polar surface area (TPSA) is 81.8 Å². The summed E-state index contributed by atoms with van der Waals surface area (Å²) in [7, 11) is 0. The first-order chi connectivity index (χ1) is 14.6. The molecule has 2 atom stereocenters. The number of nitrogens with zero attached hydrogens (tertiary/aromatic N) is 2. The number of imide groups is 1. The van der Waals surface area contributed by atoms with Crippen LogP contribution in [0.2, 0.25) is 0 Å². The number of nitrogens with one attached hydrogen (secondary N) is 2. The second-order valence-corrected chi connectivity index (χ2v) is 8.22. The molecule has 2 saturated heterocycles. The van der Waals surface area contributed by atoms with E-state index in [-0.39, 0.29) is 24.4 Å². The third-order valence-corrected chi connectivity index (χ3v) is 6.40. The zero-order chi connectivity index (χ0) is 20.7. The lowest BCUT2D eigenvalue weighted by Crippen LogP contribution is -2.44. The van der Waals surface area contributed by atoms with Gasteiger partial charge in [0.1, 0.15) is 12.1 Å². The second-order valence-electron chi connectivity index (χ2n) is 8.22. The van der Waals surface area contributed by atoms with Gasteiger partial charge in [-0.25, -0.2) is 4.79 Å². The summed E-state index contributed by atoms with van der Waals surface area (Å²) in [6.07, 6.45) is 2.11. The number of fused-ring (bicyclic) bond motifs is 2. The number of rotatable bonds is 4. The monoisotopic (exact) mass is 404 g/mol. The van der Waals surface area contributed by atoms with Crippen LogP contribution in [0.5, 0.6) is 0 Å². The summed E-state index contributed by atoms with van der Waals surface area (Å²) >= 11 is 0. The summed E-state index contributed by atoms with van der Waals surface area (Å²) in [6.45, 7) is 0.957. The Bertz CT molecular complexity index is 1010. The predicted molar refractivity (Wildman–Crippen MR) is 112 cm³/mol. The van der Waals surface area contributed by atoms with Crippen LogP contribution in [0.4, 0.5) is 10.5 Å². The summed E-state index contributed by atoms with van der Waals surface area (Å²) in [4.78, 5) is 41.5. The average molecular weight is 404 g/mol. The average Bonchev–Trinajstić information content (AvgIpc) is 3.43. The van der Waals surface area contributed by atoms with Gasteiger partial charge in [-0.1, -0.05) is 42.5 Å². The van der Waals surface area contributed by atoms with E-state index in [0.717, 1.165) is 34.6 Å². The Balaban J connectivity index is 1.25. The van der Waals surface area contributed by atoms with Crippen LogP contribution in [0, 0.1) is 0 Å². The number of benzene rings is 2. The second kappa shape index (κ2) is 7.16. The Morgan fingerprint density at radius 3 is 2.70 bits per heavy atom. The number of hydrogen-bond donors (Lipinski definition) is 2. The van der Waals surface area contributed by atoms with Crippen molar-refractivity contribution >= 4 is 23.5 Å². The van der Waals surface area contributed by atoms with Gasteiger partial charge in [0.15, 0.2) is 0 Å². The number of anilines is 1. The molecule has 154 valence electrons. The number of amides is 4. The molecule has 2 N–H and O–H groups in total. The molecule has 4 amide bonds. The Labute approximate surface area is 175 Å². The summed E-state index contributed by atoms with van der Waals surface area (Å²) < 4.78 is 0. The molecule has 2 aromatic rings. The van der Waals surface area contributed by atoms with Gasteiger partial charge in [0.2, 0.25) is 5.91 Å². The SMILES string of the molecule is O=C(CN1C(=O)NC2(CCc3ccccc32)C1=O)N1CCC(Nc2ccccc2)C1. The molecule has 0 aromatic heterocycles. The van der Waals surface area contributed by atoms with E-state index in [4.69, 9.17) is 0 Å². The lowest BCUT2D eigenvalue weighted by Gasteiger charge is -2.23. The Hall–Kier alpha value is -3.35. The van der Waals surface area contributed by atoms with Crippen LogP contribution in [-0.2, 0) is 21.5 Å². The van der Waals surface area contributed by atoms with Crippen molar-refractivity contribution in [2.45, 2.75) is 30.8 Å². The van der Waals surface area contributed by atoms with Gasteiger partial charge < -0.3 is 15.5 Å². The van der Waals surface area contributed by atoms with Gasteiger partial charge in [-0.3, -0.25) is 14.5 Å². The van der Waals surface area contributed by atoms with Crippen molar-refractivity contribution in [3.63, 3.8) is 0 Å². The first-order valence-electron chi connectivity index (χ1n) is 10.4.